The SMILES string of the molecule is CC(C)(C)c1ccccn1.[Cl-].[Cl-].[Mg+2]. The van der Waals surface area contributed by atoms with Gasteiger partial charge in [0.1, 0.15) is 0 Å². The molecule has 0 aliphatic carbocycles. The van der Waals surface area contributed by atoms with Crippen molar-refractivity contribution in [2.75, 3.05) is 0 Å². The molecule has 1 aromatic rings. The summed E-state index contributed by atoms with van der Waals surface area (Å²) in [6, 6.07) is 6.02. The van der Waals surface area contributed by atoms with Gasteiger partial charge in [-0.25, -0.2) is 0 Å². The van der Waals surface area contributed by atoms with E-state index in [1.807, 2.05) is 18.3 Å². The summed E-state index contributed by atoms with van der Waals surface area (Å²) in [4.78, 5) is 4.25. The number of nitrogens with zero attached hydrogens (tertiary/aromatic N) is 1. The monoisotopic (exact) mass is 229 g/mol. The Bertz CT molecular complexity index is 209. The minimum atomic E-state index is 0. The first kappa shape index (κ1) is 19.1. The molecule has 0 fully saturated rings. The van der Waals surface area contributed by atoms with Gasteiger partial charge >= 0.3 is 23.1 Å². The number of hydrogen-bond acceptors (Lipinski definition) is 1. The molecule has 70 valence electrons. The van der Waals surface area contributed by atoms with Gasteiger partial charge in [0.15, 0.2) is 0 Å². The summed E-state index contributed by atoms with van der Waals surface area (Å²) >= 11 is 0. The fraction of sp³-hybridized carbons (Fsp3) is 0.444. The van der Waals surface area contributed by atoms with Crippen molar-refractivity contribution in [3.63, 3.8) is 0 Å². The molecular weight excluding hydrogens is 217 g/mol. The van der Waals surface area contributed by atoms with Crippen LogP contribution in [-0.4, -0.2) is 28.0 Å². The van der Waals surface area contributed by atoms with Gasteiger partial charge in [0.25, 0.3) is 0 Å². The molecule has 0 radical (unpaired) electrons. The van der Waals surface area contributed by atoms with E-state index >= 15 is 0 Å². The van der Waals surface area contributed by atoms with Gasteiger partial charge in [-0.2, -0.15) is 0 Å². The predicted molar refractivity (Wildman–Crippen MR) is 48.7 cm³/mol. The van der Waals surface area contributed by atoms with Gasteiger partial charge in [-0.15, -0.1) is 0 Å². The van der Waals surface area contributed by atoms with E-state index in [9.17, 15) is 0 Å². The van der Waals surface area contributed by atoms with Crippen LogP contribution in [0, 0.1) is 0 Å². The quantitative estimate of drug-likeness (QED) is 0.414. The Labute approximate surface area is 109 Å². The maximum absolute atomic E-state index is 4.25. The van der Waals surface area contributed by atoms with E-state index in [1.165, 1.54) is 0 Å². The van der Waals surface area contributed by atoms with Crippen LogP contribution < -0.4 is 24.8 Å². The van der Waals surface area contributed by atoms with Crippen molar-refractivity contribution in [2.24, 2.45) is 0 Å². The largest absolute Gasteiger partial charge is 2.00 e. The van der Waals surface area contributed by atoms with Gasteiger partial charge < -0.3 is 24.8 Å². The molecule has 0 atom stereocenters. The first-order chi connectivity index (χ1) is 4.61. The van der Waals surface area contributed by atoms with E-state index in [2.05, 4.69) is 31.8 Å². The molecule has 0 aliphatic rings. The van der Waals surface area contributed by atoms with Crippen molar-refractivity contribution in [3.05, 3.63) is 30.1 Å². The van der Waals surface area contributed by atoms with Gasteiger partial charge in [-0.05, 0) is 12.1 Å². The fourth-order valence-corrected chi connectivity index (χ4v) is 0.806. The molecule has 1 nitrogen and oxygen atoms in total. The van der Waals surface area contributed by atoms with Crippen molar-refractivity contribution in [1.29, 1.82) is 0 Å². The Morgan fingerprint density at radius 1 is 1.08 bits per heavy atom. The zero-order chi connectivity index (χ0) is 7.61. The summed E-state index contributed by atoms with van der Waals surface area (Å²) in [6.45, 7) is 6.49. The van der Waals surface area contributed by atoms with E-state index in [1.54, 1.807) is 0 Å². The molecule has 0 saturated heterocycles. The first-order valence-corrected chi connectivity index (χ1v) is 3.52. The van der Waals surface area contributed by atoms with Crippen LogP contribution in [-0.2, 0) is 5.41 Å². The summed E-state index contributed by atoms with van der Waals surface area (Å²) in [5.41, 5.74) is 1.33. The number of hydrogen-bond donors (Lipinski definition) is 0. The standard InChI is InChI=1S/C9H13N.2ClH.Mg/c1-9(2,3)8-6-4-5-7-10-8;;;/h4-7H,1-3H3;2*1H;/q;;;+2/p-2. The Morgan fingerprint density at radius 3 is 1.85 bits per heavy atom. The van der Waals surface area contributed by atoms with Gasteiger partial charge in [-0.3, -0.25) is 4.98 Å². The molecular formula is C9H13Cl2MgN. The summed E-state index contributed by atoms with van der Waals surface area (Å²) in [5, 5.41) is 0. The summed E-state index contributed by atoms with van der Waals surface area (Å²) in [5.74, 6) is 0. The second-order valence-corrected chi connectivity index (χ2v) is 3.46. The average Bonchev–Trinajstić information content (AvgIpc) is 1.88. The van der Waals surface area contributed by atoms with Crippen LogP contribution in [0.25, 0.3) is 0 Å². The third-order valence-electron chi connectivity index (χ3n) is 1.43. The summed E-state index contributed by atoms with van der Waals surface area (Å²) in [6.07, 6.45) is 1.83. The Morgan fingerprint density at radius 2 is 1.62 bits per heavy atom. The third-order valence-corrected chi connectivity index (χ3v) is 1.43. The number of rotatable bonds is 0. The fourth-order valence-electron chi connectivity index (χ4n) is 0.806. The van der Waals surface area contributed by atoms with Crippen molar-refractivity contribution in [1.82, 2.24) is 4.98 Å². The van der Waals surface area contributed by atoms with Crippen molar-refractivity contribution in [3.8, 4) is 0 Å². The number of aromatic nitrogens is 1. The molecule has 0 amide bonds. The average molecular weight is 230 g/mol. The van der Waals surface area contributed by atoms with E-state index in [0.29, 0.717) is 0 Å². The molecule has 0 aliphatic heterocycles. The number of pyridine rings is 1. The smallest absolute Gasteiger partial charge is 1.00 e. The maximum atomic E-state index is 4.25. The van der Waals surface area contributed by atoms with Crippen LogP contribution in [0.1, 0.15) is 26.5 Å². The van der Waals surface area contributed by atoms with E-state index in [0.717, 1.165) is 5.69 Å². The number of halogens is 2. The zero-order valence-electron chi connectivity index (χ0n) is 8.22. The molecule has 1 heterocycles. The van der Waals surface area contributed by atoms with E-state index < -0.39 is 0 Å². The van der Waals surface area contributed by atoms with Crippen molar-refractivity contribution >= 4 is 23.1 Å². The Kier molecular flexibility index (Phi) is 11.6. The van der Waals surface area contributed by atoms with Crippen LogP contribution in [0.5, 0.6) is 0 Å². The normalized spacial score (nSPS) is 8.85. The Hall–Kier alpha value is 0.496. The second-order valence-electron chi connectivity index (χ2n) is 3.46. The molecule has 0 N–H and O–H groups in total. The minimum Gasteiger partial charge on any atom is -1.00 e. The molecule has 13 heavy (non-hydrogen) atoms. The summed E-state index contributed by atoms with van der Waals surface area (Å²) in [7, 11) is 0. The minimum absolute atomic E-state index is 0. The molecule has 0 bridgehead atoms. The van der Waals surface area contributed by atoms with Crippen LogP contribution in [0.3, 0.4) is 0 Å². The van der Waals surface area contributed by atoms with Gasteiger partial charge in [0.05, 0.1) is 0 Å². The topological polar surface area (TPSA) is 12.9 Å². The van der Waals surface area contributed by atoms with Gasteiger partial charge in [0.2, 0.25) is 0 Å². The Balaban J connectivity index is -0.000000333. The zero-order valence-corrected chi connectivity index (χ0v) is 11.1. The third kappa shape index (κ3) is 6.55. The summed E-state index contributed by atoms with van der Waals surface area (Å²) < 4.78 is 0. The molecule has 4 heteroatoms. The van der Waals surface area contributed by atoms with Gasteiger partial charge in [-0.1, -0.05) is 26.8 Å². The second kappa shape index (κ2) is 7.86. The van der Waals surface area contributed by atoms with Crippen LogP contribution in [0.4, 0.5) is 0 Å². The van der Waals surface area contributed by atoms with Crippen LogP contribution in [0.2, 0.25) is 0 Å². The predicted octanol–water partition coefficient (Wildman–Crippen LogP) is -3.99. The maximum Gasteiger partial charge on any atom is 2.00 e. The molecule has 0 saturated carbocycles. The molecule has 0 unspecified atom stereocenters. The van der Waals surface area contributed by atoms with E-state index in [4.69, 9.17) is 0 Å². The van der Waals surface area contributed by atoms with Crippen molar-refractivity contribution in [2.45, 2.75) is 26.2 Å². The molecule has 0 aromatic carbocycles. The van der Waals surface area contributed by atoms with E-state index in [-0.39, 0.29) is 53.3 Å². The van der Waals surface area contributed by atoms with Gasteiger partial charge in [0, 0.05) is 17.3 Å². The van der Waals surface area contributed by atoms with Crippen LogP contribution in [0.15, 0.2) is 24.4 Å². The first-order valence-electron chi connectivity index (χ1n) is 3.52. The van der Waals surface area contributed by atoms with Crippen LogP contribution >= 0.6 is 0 Å². The molecule has 1 rings (SSSR count). The van der Waals surface area contributed by atoms with Crippen molar-refractivity contribution < 1.29 is 24.8 Å². The molecule has 1 aromatic heterocycles. The molecule has 0 spiro atoms.